The predicted octanol–water partition coefficient (Wildman–Crippen LogP) is 8.91. The van der Waals surface area contributed by atoms with Crippen LogP contribution in [0.25, 0.3) is 5.57 Å². The Bertz CT molecular complexity index is 1550. The molecule has 7 nitrogen and oxygen atoms in total. The second-order valence-corrected chi connectivity index (χ2v) is 14.1. The van der Waals surface area contributed by atoms with Crippen molar-refractivity contribution in [3.63, 3.8) is 0 Å². The van der Waals surface area contributed by atoms with Gasteiger partial charge >= 0.3 is 24.4 Å². The van der Waals surface area contributed by atoms with Crippen molar-refractivity contribution < 1.29 is 50.1 Å². The standard InChI is InChI=1S/C36H44F6N2O5/c1-20(2)30(32(45)48-8)43(6)18-22-9-10-29(47-7)28(13-22)27-11-12-34(4,5)17-24(27)19-44-21(3)31(49-33(44)46)23-14-25(35(37,38)39)16-26(15-23)36(40,41)42/h9-10,13-16,20-21,30-31H,11-12,17-19H2,1-8H3. The maximum absolute atomic E-state index is 13.6. The van der Waals surface area contributed by atoms with Crippen molar-refractivity contribution in [2.45, 2.75) is 91.0 Å². The molecular weight excluding hydrogens is 654 g/mol. The molecule has 4 rings (SSSR count). The summed E-state index contributed by atoms with van der Waals surface area (Å²) in [4.78, 5) is 29.1. The Balaban J connectivity index is 1.72. The zero-order valence-corrected chi connectivity index (χ0v) is 29.0. The number of nitrogens with zero attached hydrogens (tertiary/aromatic N) is 2. The smallest absolute Gasteiger partial charge is 0.416 e. The zero-order chi connectivity index (χ0) is 36.6. The van der Waals surface area contributed by atoms with E-state index in [1.807, 2.05) is 44.0 Å². The molecule has 0 N–H and O–H groups in total. The molecule has 2 aromatic carbocycles. The van der Waals surface area contributed by atoms with E-state index < -0.39 is 47.8 Å². The van der Waals surface area contributed by atoms with E-state index in [0.717, 1.165) is 28.7 Å². The van der Waals surface area contributed by atoms with Crippen LogP contribution < -0.4 is 4.74 Å². The SMILES string of the molecule is COC(=O)C(C(C)C)N(C)Cc1ccc(OC)c(C2=C(CN3C(=O)OC(c4cc(C(F)(F)F)cc(C(F)(F)F)c4)C3C)CC(C)(C)CC2)c1. The maximum atomic E-state index is 13.6. The molecule has 13 heteroatoms. The molecule has 0 bridgehead atoms. The van der Waals surface area contributed by atoms with Crippen LogP contribution in [0.3, 0.4) is 0 Å². The fourth-order valence-corrected chi connectivity index (χ4v) is 6.96. The van der Waals surface area contributed by atoms with Crippen molar-refractivity contribution in [1.82, 2.24) is 9.80 Å². The maximum Gasteiger partial charge on any atom is 0.416 e. The molecular formula is C36H44F6N2O5. The van der Waals surface area contributed by atoms with Gasteiger partial charge in [0.2, 0.25) is 0 Å². The van der Waals surface area contributed by atoms with Crippen molar-refractivity contribution in [2.24, 2.45) is 11.3 Å². The van der Waals surface area contributed by atoms with Gasteiger partial charge < -0.3 is 14.2 Å². The topological polar surface area (TPSA) is 68.3 Å². The van der Waals surface area contributed by atoms with Crippen LogP contribution >= 0.6 is 0 Å². The molecule has 1 aliphatic carbocycles. The number of alkyl halides is 6. The van der Waals surface area contributed by atoms with E-state index in [-0.39, 0.29) is 35.5 Å². The molecule has 1 fully saturated rings. The Labute approximate surface area is 283 Å². The van der Waals surface area contributed by atoms with Crippen molar-refractivity contribution in [3.8, 4) is 5.75 Å². The molecule has 1 heterocycles. The lowest BCUT2D eigenvalue weighted by atomic mass is 9.72. The van der Waals surface area contributed by atoms with Gasteiger partial charge in [-0.1, -0.05) is 33.8 Å². The van der Waals surface area contributed by atoms with E-state index in [4.69, 9.17) is 14.2 Å². The number of esters is 1. The lowest BCUT2D eigenvalue weighted by molar-refractivity contribution is -0.148. The van der Waals surface area contributed by atoms with E-state index in [1.165, 1.54) is 12.0 Å². The fourth-order valence-electron chi connectivity index (χ4n) is 6.96. The molecule has 2 aliphatic rings. The van der Waals surface area contributed by atoms with Gasteiger partial charge in [0.05, 0.1) is 31.4 Å². The van der Waals surface area contributed by atoms with Gasteiger partial charge in [-0.2, -0.15) is 26.3 Å². The number of methoxy groups -OCH3 is 2. The van der Waals surface area contributed by atoms with Crippen molar-refractivity contribution in [1.29, 1.82) is 0 Å². The molecule has 2 aromatic rings. The Morgan fingerprint density at radius 2 is 1.65 bits per heavy atom. The third-order valence-corrected chi connectivity index (χ3v) is 9.43. The number of likely N-dealkylation sites (N-methyl/N-ethyl adjacent to an activating group) is 1. The van der Waals surface area contributed by atoms with E-state index in [1.54, 1.807) is 14.0 Å². The second kappa shape index (κ2) is 14.2. The van der Waals surface area contributed by atoms with Crippen LogP contribution in [-0.2, 0) is 33.2 Å². The van der Waals surface area contributed by atoms with Gasteiger partial charge in [-0.15, -0.1) is 0 Å². The van der Waals surface area contributed by atoms with E-state index >= 15 is 0 Å². The third-order valence-electron chi connectivity index (χ3n) is 9.43. The largest absolute Gasteiger partial charge is 0.496 e. The highest BCUT2D eigenvalue weighted by Crippen LogP contribution is 2.47. The molecule has 1 amide bonds. The molecule has 49 heavy (non-hydrogen) atoms. The molecule has 0 radical (unpaired) electrons. The van der Waals surface area contributed by atoms with Crippen LogP contribution in [0.5, 0.6) is 5.75 Å². The molecule has 1 saturated heterocycles. The summed E-state index contributed by atoms with van der Waals surface area (Å²) in [6.07, 6.45) is -10.2. The number of carbonyl (C=O) groups excluding carboxylic acids is 2. The quantitative estimate of drug-likeness (QED) is 0.182. The van der Waals surface area contributed by atoms with Crippen LogP contribution in [0.4, 0.5) is 31.1 Å². The average molecular weight is 699 g/mol. The van der Waals surface area contributed by atoms with Crippen LogP contribution in [-0.4, -0.2) is 61.8 Å². The second-order valence-electron chi connectivity index (χ2n) is 14.1. The summed E-state index contributed by atoms with van der Waals surface area (Å²) in [7, 11) is 4.75. The Morgan fingerprint density at radius 1 is 1.04 bits per heavy atom. The first-order chi connectivity index (χ1) is 22.7. The zero-order valence-electron chi connectivity index (χ0n) is 29.0. The molecule has 0 spiro atoms. The molecule has 3 atom stereocenters. The van der Waals surface area contributed by atoms with E-state index in [2.05, 4.69) is 13.8 Å². The molecule has 0 saturated carbocycles. The highest BCUT2D eigenvalue weighted by molar-refractivity contribution is 5.77. The van der Waals surface area contributed by atoms with Gasteiger partial charge in [0, 0.05) is 18.7 Å². The first-order valence-corrected chi connectivity index (χ1v) is 16.1. The minimum Gasteiger partial charge on any atom is -0.496 e. The number of halogens is 6. The van der Waals surface area contributed by atoms with Gasteiger partial charge in [0.15, 0.2) is 0 Å². The number of rotatable bonds is 10. The number of allylic oxidation sites excluding steroid dienone is 1. The number of benzene rings is 2. The fraction of sp³-hybridized carbons (Fsp3) is 0.556. The number of amides is 1. The molecule has 0 aromatic heterocycles. The van der Waals surface area contributed by atoms with Crippen molar-refractivity contribution >= 4 is 17.6 Å². The van der Waals surface area contributed by atoms with E-state index in [9.17, 15) is 35.9 Å². The summed E-state index contributed by atoms with van der Waals surface area (Å²) in [5.41, 5.74) is 0.0722. The lowest BCUT2D eigenvalue weighted by Crippen LogP contribution is -2.42. The van der Waals surface area contributed by atoms with Crippen LogP contribution in [0, 0.1) is 11.3 Å². The van der Waals surface area contributed by atoms with Gasteiger partial charge in [-0.25, -0.2) is 4.79 Å². The Kier molecular flexibility index (Phi) is 11.1. The van der Waals surface area contributed by atoms with Gasteiger partial charge in [0.25, 0.3) is 0 Å². The van der Waals surface area contributed by atoms with Crippen molar-refractivity contribution in [3.05, 3.63) is 69.8 Å². The Morgan fingerprint density at radius 3 is 2.18 bits per heavy atom. The normalized spacial score (nSPS) is 20.6. The first kappa shape index (κ1) is 38.1. The molecule has 1 aliphatic heterocycles. The number of carbonyl (C=O) groups is 2. The average Bonchev–Trinajstić information content (AvgIpc) is 3.28. The highest BCUT2D eigenvalue weighted by atomic mass is 19.4. The summed E-state index contributed by atoms with van der Waals surface area (Å²) < 4.78 is 98.0. The van der Waals surface area contributed by atoms with Crippen molar-refractivity contribution in [2.75, 3.05) is 27.8 Å². The lowest BCUT2D eigenvalue weighted by Gasteiger charge is -2.36. The number of cyclic esters (lactones) is 1. The summed E-state index contributed by atoms with van der Waals surface area (Å²) in [6, 6.07) is 5.69. The minimum absolute atomic E-state index is 0.00734. The summed E-state index contributed by atoms with van der Waals surface area (Å²) in [6.45, 7) is 10.1. The molecule has 3 unspecified atom stereocenters. The summed E-state index contributed by atoms with van der Waals surface area (Å²) >= 11 is 0. The van der Waals surface area contributed by atoms with Crippen LogP contribution in [0.1, 0.15) is 87.8 Å². The monoisotopic (exact) mass is 698 g/mol. The van der Waals surface area contributed by atoms with Crippen LogP contribution in [0.15, 0.2) is 42.0 Å². The van der Waals surface area contributed by atoms with Gasteiger partial charge in [-0.05, 0) is 97.2 Å². The number of hydrogen-bond acceptors (Lipinski definition) is 6. The molecule has 270 valence electrons. The minimum atomic E-state index is -5.04. The number of hydrogen-bond donors (Lipinski definition) is 0. The summed E-state index contributed by atoms with van der Waals surface area (Å²) in [5.74, 6) is 0.257. The van der Waals surface area contributed by atoms with E-state index in [0.29, 0.717) is 37.3 Å². The highest BCUT2D eigenvalue weighted by Gasteiger charge is 2.44. The Hall–Kier alpha value is -3.74. The summed E-state index contributed by atoms with van der Waals surface area (Å²) in [5, 5.41) is 0. The van der Waals surface area contributed by atoms with Crippen LogP contribution in [0.2, 0.25) is 0 Å². The third kappa shape index (κ3) is 8.53. The van der Waals surface area contributed by atoms with Gasteiger partial charge in [0.1, 0.15) is 17.9 Å². The predicted molar refractivity (Wildman–Crippen MR) is 171 cm³/mol. The first-order valence-electron chi connectivity index (χ1n) is 16.1. The van der Waals surface area contributed by atoms with Gasteiger partial charge in [-0.3, -0.25) is 14.6 Å². The number of ether oxygens (including phenoxy) is 3.